The molecule has 0 radical (unpaired) electrons. The van der Waals surface area contributed by atoms with E-state index in [2.05, 4.69) is 32.0 Å². The Morgan fingerprint density at radius 3 is 2.41 bits per heavy atom. The van der Waals surface area contributed by atoms with Gasteiger partial charge in [0, 0.05) is 57.9 Å². The number of rotatable bonds is 10. The predicted molar refractivity (Wildman–Crippen MR) is 124 cm³/mol. The van der Waals surface area contributed by atoms with E-state index in [1.807, 2.05) is 25.1 Å². The van der Waals surface area contributed by atoms with Crippen LogP contribution in [0, 0.1) is 0 Å². The standard InChI is InChI=1S/C24H36N4O4/c1-2-21(29)18-27(9-8-26-10-14-30-15-11-26)19-22-23(20-6-4-3-5-7-20)25-32-24(22)28-12-16-31-17-13-28/h3-7,21,29H,2,8-19H2,1H3/t21-/m1/s1. The zero-order chi connectivity index (χ0) is 22.2. The van der Waals surface area contributed by atoms with Crippen LogP contribution in [0.3, 0.4) is 0 Å². The molecule has 1 aromatic heterocycles. The Morgan fingerprint density at radius 2 is 1.72 bits per heavy atom. The molecular weight excluding hydrogens is 408 g/mol. The quantitative estimate of drug-likeness (QED) is 0.597. The van der Waals surface area contributed by atoms with Gasteiger partial charge in [-0.25, -0.2) is 0 Å². The molecule has 3 heterocycles. The number of ether oxygens (including phenoxy) is 2. The third-order valence-corrected chi connectivity index (χ3v) is 6.27. The van der Waals surface area contributed by atoms with Crippen molar-refractivity contribution in [3.8, 4) is 11.3 Å². The third kappa shape index (κ3) is 6.08. The summed E-state index contributed by atoms with van der Waals surface area (Å²) >= 11 is 0. The number of nitrogens with zero attached hydrogens (tertiary/aromatic N) is 4. The molecular formula is C24H36N4O4. The number of morpholine rings is 2. The predicted octanol–water partition coefficient (Wildman–Crippen LogP) is 2.08. The first-order valence-corrected chi connectivity index (χ1v) is 11.8. The highest BCUT2D eigenvalue weighted by molar-refractivity contribution is 5.68. The Bertz CT molecular complexity index is 804. The lowest BCUT2D eigenvalue weighted by Gasteiger charge is -2.32. The molecule has 8 heteroatoms. The van der Waals surface area contributed by atoms with Gasteiger partial charge in [-0.1, -0.05) is 42.4 Å². The second kappa shape index (κ2) is 11.8. The van der Waals surface area contributed by atoms with Crippen molar-refractivity contribution in [3.63, 3.8) is 0 Å². The first-order chi connectivity index (χ1) is 15.7. The van der Waals surface area contributed by atoms with Gasteiger partial charge in [0.2, 0.25) is 5.88 Å². The number of aliphatic hydroxyl groups is 1. The molecule has 0 amide bonds. The lowest BCUT2D eigenvalue weighted by Crippen LogP contribution is -2.43. The van der Waals surface area contributed by atoms with Gasteiger partial charge in [0.15, 0.2) is 0 Å². The summed E-state index contributed by atoms with van der Waals surface area (Å²) in [7, 11) is 0. The SMILES string of the molecule is CC[C@@H](O)CN(CCN1CCOCC1)Cc1c(-c2ccccc2)noc1N1CCOCC1. The maximum Gasteiger partial charge on any atom is 0.232 e. The molecule has 2 aromatic rings. The first kappa shape index (κ1) is 23.2. The van der Waals surface area contributed by atoms with Gasteiger partial charge in [-0.3, -0.25) is 9.80 Å². The van der Waals surface area contributed by atoms with Crippen LogP contribution in [-0.2, 0) is 16.0 Å². The lowest BCUT2D eigenvalue weighted by atomic mass is 10.1. The molecule has 32 heavy (non-hydrogen) atoms. The van der Waals surface area contributed by atoms with Crippen molar-refractivity contribution < 1.29 is 19.1 Å². The Hall–Kier alpha value is -1.97. The van der Waals surface area contributed by atoms with Crippen LogP contribution in [-0.4, -0.2) is 98.4 Å². The molecule has 1 N–H and O–H groups in total. The zero-order valence-corrected chi connectivity index (χ0v) is 19.1. The van der Waals surface area contributed by atoms with Crippen molar-refractivity contribution in [1.82, 2.24) is 15.0 Å². The molecule has 2 fully saturated rings. The second-order valence-corrected chi connectivity index (χ2v) is 8.53. The van der Waals surface area contributed by atoms with Crippen molar-refractivity contribution in [1.29, 1.82) is 0 Å². The fourth-order valence-electron chi connectivity index (χ4n) is 4.27. The van der Waals surface area contributed by atoms with Crippen LogP contribution >= 0.6 is 0 Å². The minimum Gasteiger partial charge on any atom is -0.392 e. The Kier molecular flexibility index (Phi) is 8.53. The smallest absolute Gasteiger partial charge is 0.232 e. The van der Waals surface area contributed by atoms with Gasteiger partial charge in [-0.2, -0.15) is 0 Å². The number of aliphatic hydroxyl groups excluding tert-OH is 1. The van der Waals surface area contributed by atoms with E-state index in [-0.39, 0.29) is 6.10 Å². The molecule has 0 saturated carbocycles. The van der Waals surface area contributed by atoms with E-state index in [0.29, 0.717) is 26.3 Å². The van der Waals surface area contributed by atoms with Crippen LogP contribution in [0.5, 0.6) is 0 Å². The molecule has 1 atom stereocenters. The minimum atomic E-state index is -0.355. The molecule has 0 unspecified atom stereocenters. The molecule has 2 aliphatic rings. The normalized spacial score (nSPS) is 18.9. The average molecular weight is 445 g/mol. The highest BCUT2D eigenvalue weighted by atomic mass is 16.5. The number of anilines is 1. The third-order valence-electron chi connectivity index (χ3n) is 6.27. The van der Waals surface area contributed by atoms with Gasteiger partial charge in [-0.05, 0) is 6.42 Å². The van der Waals surface area contributed by atoms with Crippen molar-refractivity contribution in [2.24, 2.45) is 0 Å². The van der Waals surface area contributed by atoms with Crippen LogP contribution in [0.15, 0.2) is 34.9 Å². The van der Waals surface area contributed by atoms with Crippen molar-refractivity contribution in [3.05, 3.63) is 35.9 Å². The van der Waals surface area contributed by atoms with E-state index in [1.165, 1.54) is 0 Å². The molecule has 2 aliphatic heterocycles. The van der Waals surface area contributed by atoms with E-state index in [9.17, 15) is 5.11 Å². The summed E-state index contributed by atoms with van der Waals surface area (Å²) < 4.78 is 17.0. The minimum absolute atomic E-state index is 0.355. The van der Waals surface area contributed by atoms with Crippen LogP contribution in [0.4, 0.5) is 5.88 Å². The van der Waals surface area contributed by atoms with Crippen molar-refractivity contribution >= 4 is 5.88 Å². The van der Waals surface area contributed by atoms with Gasteiger partial charge in [0.25, 0.3) is 0 Å². The van der Waals surface area contributed by atoms with Gasteiger partial charge in [0.05, 0.1) is 38.1 Å². The fourth-order valence-corrected chi connectivity index (χ4v) is 4.27. The van der Waals surface area contributed by atoms with E-state index < -0.39 is 0 Å². The van der Waals surface area contributed by atoms with Crippen molar-refractivity contribution in [2.75, 3.05) is 77.1 Å². The summed E-state index contributed by atoms with van der Waals surface area (Å²) in [5, 5.41) is 14.9. The maximum absolute atomic E-state index is 10.5. The largest absolute Gasteiger partial charge is 0.392 e. The van der Waals surface area contributed by atoms with Gasteiger partial charge in [-0.15, -0.1) is 0 Å². The molecule has 0 aliphatic carbocycles. The molecule has 1 aromatic carbocycles. The molecule has 0 spiro atoms. The monoisotopic (exact) mass is 444 g/mol. The Balaban J connectivity index is 1.57. The maximum atomic E-state index is 10.5. The second-order valence-electron chi connectivity index (χ2n) is 8.53. The zero-order valence-electron chi connectivity index (χ0n) is 19.1. The van der Waals surface area contributed by atoms with Crippen LogP contribution < -0.4 is 4.90 Å². The molecule has 4 rings (SSSR count). The summed E-state index contributed by atoms with van der Waals surface area (Å²) in [4.78, 5) is 7.00. The molecule has 8 nitrogen and oxygen atoms in total. The van der Waals surface area contributed by atoms with Crippen molar-refractivity contribution in [2.45, 2.75) is 26.0 Å². The lowest BCUT2D eigenvalue weighted by molar-refractivity contribution is 0.0290. The van der Waals surface area contributed by atoms with Crippen LogP contribution in [0.2, 0.25) is 0 Å². The van der Waals surface area contributed by atoms with E-state index >= 15 is 0 Å². The molecule has 2 saturated heterocycles. The van der Waals surface area contributed by atoms with Gasteiger partial charge in [0.1, 0.15) is 5.69 Å². The average Bonchev–Trinajstić information content (AvgIpc) is 3.27. The summed E-state index contributed by atoms with van der Waals surface area (Å²) in [6.45, 7) is 11.7. The summed E-state index contributed by atoms with van der Waals surface area (Å²) in [5.41, 5.74) is 3.02. The Labute approximate surface area is 190 Å². The van der Waals surface area contributed by atoms with Gasteiger partial charge >= 0.3 is 0 Å². The number of hydrogen-bond acceptors (Lipinski definition) is 8. The summed E-state index contributed by atoms with van der Waals surface area (Å²) in [6, 6.07) is 10.2. The van der Waals surface area contributed by atoms with Gasteiger partial charge < -0.3 is 24.0 Å². The van der Waals surface area contributed by atoms with Crippen LogP contribution in [0.25, 0.3) is 11.3 Å². The fraction of sp³-hybridized carbons (Fsp3) is 0.625. The first-order valence-electron chi connectivity index (χ1n) is 11.8. The van der Waals surface area contributed by atoms with E-state index in [0.717, 1.165) is 81.6 Å². The van der Waals surface area contributed by atoms with E-state index in [4.69, 9.17) is 14.0 Å². The summed E-state index contributed by atoms with van der Waals surface area (Å²) in [5.74, 6) is 0.828. The summed E-state index contributed by atoms with van der Waals surface area (Å²) in [6.07, 6.45) is 0.381. The number of benzene rings is 1. The number of hydrogen-bond donors (Lipinski definition) is 1. The van der Waals surface area contributed by atoms with E-state index in [1.54, 1.807) is 0 Å². The highest BCUT2D eigenvalue weighted by Crippen LogP contribution is 2.33. The van der Waals surface area contributed by atoms with Crippen LogP contribution in [0.1, 0.15) is 18.9 Å². The Morgan fingerprint density at radius 1 is 1.03 bits per heavy atom. The highest BCUT2D eigenvalue weighted by Gasteiger charge is 2.26. The number of aromatic nitrogens is 1. The molecule has 176 valence electrons. The molecule has 0 bridgehead atoms. The topological polar surface area (TPSA) is 74.4 Å².